The van der Waals surface area contributed by atoms with Gasteiger partial charge in [0.2, 0.25) is 5.91 Å². The molecule has 9 heteroatoms. The second-order valence-electron chi connectivity index (χ2n) is 21.8. The zero-order valence-electron chi connectivity index (χ0n) is 50.3. The van der Waals surface area contributed by atoms with Crippen molar-refractivity contribution in [3.05, 3.63) is 122 Å². The van der Waals surface area contributed by atoms with Gasteiger partial charge in [0.1, 0.15) is 24.4 Å². The number of carbonyl (C=O) groups is 1. The van der Waals surface area contributed by atoms with Crippen LogP contribution in [-0.2, 0) is 14.3 Å². The Hall–Kier alpha value is -3.41. The van der Waals surface area contributed by atoms with Crippen LogP contribution in [0.2, 0.25) is 0 Å². The maximum absolute atomic E-state index is 13.1. The molecule has 0 aromatic rings. The molecule has 0 aromatic carbocycles. The Balaban J connectivity index is 2.20. The maximum atomic E-state index is 13.1. The van der Waals surface area contributed by atoms with Crippen molar-refractivity contribution in [1.29, 1.82) is 0 Å². The van der Waals surface area contributed by atoms with E-state index in [0.29, 0.717) is 6.42 Å². The van der Waals surface area contributed by atoms with Gasteiger partial charge in [-0.05, 0) is 96.3 Å². The Morgan fingerprint density at radius 3 is 1.22 bits per heavy atom. The van der Waals surface area contributed by atoms with E-state index in [9.17, 15) is 30.3 Å². The molecule has 0 aliphatic carbocycles. The van der Waals surface area contributed by atoms with Crippen LogP contribution in [-0.4, -0.2) is 87.5 Å². The van der Waals surface area contributed by atoms with Gasteiger partial charge >= 0.3 is 0 Å². The van der Waals surface area contributed by atoms with Crippen LogP contribution in [0.3, 0.4) is 0 Å². The highest BCUT2D eigenvalue weighted by Gasteiger charge is 2.44. The van der Waals surface area contributed by atoms with E-state index in [-0.39, 0.29) is 12.5 Å². The summed E-state index contributed by atoms with van der Waals surface area (Å²) in [4.78, 5) is 13.1. The molecule has 0 radical (unpaired) electrons. The van der Waals surface area contributed by atoms with Gasteiger partial charge < -0.3 is 40.3 Å². The Morgan fingerprint density at radius 2 is 0.797 bits per heavy atom. The van der Waals surface area contributed by atoms with Crippen molar-refractivity contribution in [3.8, 4) is 0 Å². The Kier molecular flexibility index (Phi) is 53.9. The van der Waals surface area contributed by atoms with Crippen LogP contribution in [0.25, 0.3) is 0 Å². The fourth-order valence-corrected chi connectivity index (χ4v) is 9.48. The first-order chi connectivity index (χ1) is 38.8. The van der Waals surface area contributed by atoms with Crippen LogP contribution in [0.5, 0.6) is 0 Å². The zero-order valence-corrected chi connectivity index (χ0v) is 50.3. The van der Waals surface area contributed by atoms with E-state index in [0.717, 1.165) is 103 Å². The van der Waals surface area contributed by atoms with Crippen molar-refractivity contribution in [1.82, 2.24) is 5.32 Å². The fraction of sp³-hybridized carbons (Fsp3) is 0.700. The molecular formula is C70H119NO8. The summed E-state index contributed by atoms with van der Waals surface area (Å²) in [6.45, 7) is 3.66. The average molecular weight is 1100 g/mol. The third-order valence-corrected chi connectivity index (χ3v) is 14.5. The lowest BCUT2D eigenvalue weighted by molar-refractivity contribution is -0.302. The highest BCUT2D eigenvalue weighted by atomic mass is 16.7. The molecule has 1 amide bonds. The van der Waals surface area contributed by atoms with E-state index in [1.54, 1.807) is 6.08 Å². The van der Waals surface area contributed by atoms with Crippen molar-refractivity contribution < 1.29 is 39.8 Å². The minimum Gasteiger partial charge on any atom is -0.394 e. The molecule has 7 atom stereocenters. The van der Waals surface area contributed by atoms with Crippen LogP contribution >= 0.6 is 0 Å². The summed E-state index contributed by atoms with van der Waals surface area (Å²) in [5, 5.41) is 54.6. The summed E-state index contributed by atoms with van der Waals surface area (Å²) in [6, 6.07) is -0.833. The van der Waals surface area contributed by atoms with Crippen molar-refractivity contribution in [2.24, 2.45) is 0 Å². The Morgan fingerprint density at radius 1 is 0.443 bits per heavy atom. The van der Waals surface area contributed by atoms with Crippen LogP contribution in [0.4, 0.5) is 0 Å². The first-order valence-corrected chi connectivity index (χ1v) is 32.3. The molecule has 79 heavy (non-hydrogen) atoms. The van der Waals surface area contributed by atoms with Gasteiger partial charge in [-0.1, -0.05) is 277 Å². The van der Waals surface area contributed by atoms with Crippen molar-refractivity contribution in [2.75, 3.05) is 13.2 Å². The summed E-state index contributed by atoms with van der Waals surface area (Å²) in [7, 11) is 0. The number of ether oxygens (including phenoxy) is 2. The predicted octanol–water partition coefficient (Wildman–Crippen LogP) is 17.1. The first-order valence-electron chi connectivity index (χ1n) is 32.3. The summed E-state index contributed by atoms with van der Waals surface area (Å²) in [6.07, 6.45) is 79.9. The molecule has 0 saturated carbocycles. The van der Waals surface area contributed by atoms with E-state index in [2.05, 4.69) is 129 Å². The molecule has 0 aromatic heterocycles. The van der Waals surface area contributed by atoms with Crippen molar-refractivity contribution in [3.63, 3.8) is 0 Å². The molecule has 1 fully saturated rings. The second kappa shape index (κ2) is 57.8. The molecule has 0 spiro atoms. The van der Waals surface area contributed by atoms with Crippen LogP contribution in [0.15, 0.2) is 122 Å². The lowest BCUT2D eigenvalue weighted by Gasteiger charge is -2.40. The predicted molar refractivity (Wildman–Crippen MR) is 336 cm³/mol. The van der Waals surface area contributed by atoms with Crippen molar-refractivity contribution >= 4 is 5.91 Å². The highest BCUT2D eigenvalue weighted by molar-refractivity contribution is 5.76. The molecule has 9 nitrogen and oxygen atoms in total. The van der Waals surface area contributed by atoms with E-state index in [1.165, 1.54) is 135 Å². The van der Waals surface area contributed by atoms with Gasteiger partial charge in [-0.3, -0.25) is 4.79 Å². The minimum atomic E-state index is -1.58. The number of hydrogen-bond donors (Lipinski definition) is 6. The van der Waals surface area contributed by atoms with Crippen LogP contribution in [0.1, 0.15) is 258 Å². The number of nitrogens with one attached hydrogen (secondary N) is 1. The lowest BCUT2D eigenvalue weighted by Crippen LogP contribution is -2.60. The molecular weight excluding hydrogens is 983 g/mol. The molecule has 1 saturated heterocycles. The monoisotopic (exact) mass is 1100 g/mol. The molecule has 1 aliphatic heterocycles. The minimum absolute atomic E-state index is 0.195. The standard InChI is InChI=1S/C70H119NO8/c1-3-5-7-9-11-13-15-17-19-21-23-25-26-27-28-29-30-31-32-33-34-35-36-37-38-40-42-44-46-48-50-52-54-56-58-60-66(74)71-63(62-78-70-69(77)68(76)67(75)65(61-72)79-70)64(73)59-57-55-53-51-49-47-45-43-41-39-24-22-20-18-16-14-12-10-8-6-4-2/h5,7,11,13,17,19,23,25,27-28,30-31,33-34,36-37,49,51,57,59,63-65,67-70,72-73,75-77H,3-4,6,8-10,12,14-16,18,20-22,24,26,29,32,35,38-48,50,52-56,58,60-62H2,1-2H3,(H,71,74)/b7-5-,13-11-,19-17-,25-23-,28-27-,31-30-,34-33-,37-36-,51-49+,59-57+. The van der Waals surface area contributed by atoms with Gasteiger partial charge in [0.15, 0.2) is 6.29 Å². The third-order valence-electron chi connectivity index (χ3n) is 14.5. The van der Waals surface area contributed by atoms with Gasteiger partial charge in [0, 0.05) is 6.42 Å². The maximum Gasteiger partial charge on any atom is 0.220 e. The van der Waals surface area contributed by atoms with Gasteiger partial charge in [-0.15, -0.1) is 0 Å². The van der Waals surface area contributed by atoms with E-state index >= 15 is 0 Å². The summed E-state index contributed by atoms with van der Waals surface area (Å²) in [5.41, 5.74) is 0. The third kappa shape index (κ3) is 46.9. The van der Waals surface area contributed by atoms with E-state index < -0.39 is 49.5 Å². The fourth-order valence-electron chi connectivity index (χ4n) is 9.48. The molecule has 6 N–H and O–H groups in total. The number of rotatable bonds is 54. The number of allylic oxidation sites excluding steroid dienone is 19. The number of amides is 1. The number of aliphatic hydroxyl groups excluding tert-OH is 5. The smallest absolute Gasteiger partial charge is 0.220 e. The largest absolute Gasteiger partial charge is 0.394 e. The summed E-state index contributed by atoms with van der Waals surface area (Å²) < 4.78 is 11.3. The van der Waals surface area contributed by atoms with Crippen molar-refractivity contribution in [2.45, 2.75) is 301 Å². The summed E-state index contributed by atoms with van der Waals surface area (Å²) in [5.74, 6) is -0.195. The Bertz CT molecular complexity index is 1660. The lowest BCUT2D eigenvalue weighted by atomic mass is 9.99. The summed E-state index contributed by atoms with van der Waals surface area (Å²) >= 11 is 0. The molecule has 7 unspecified atom stereocenters. The SMILES string of the molecule is CC/C=C\C/C=C\C/C=C\C/C=C\C/C=C\C/C=C\C/C=C\C/C=C\CCCCCCCCCCCCC(=O)NC(COC1OC(CO)C(O)C(O)C1O)C(O)/C=C/CC/C=C/CCCCCCCCCCCCCCCCC. The second-order valence-corrected chi connectivity index (χ2v) is 21.8. The van der Waals surface area contributed by atoms with E-state index in [4.69, 9.17) is 9.47 Å². The van der Waals surface area contributed by atoms with Gasteiger partial charge in [-0.2, -0.15) is 0 Å². The number of aliphatic hydroxyl groups is 5. The number of carbonyl (C=O) groups excluding carboxylic acids is 1. The topological polar surface area (TPSA) is 149 Å². The quantitative estimate of drug-likeness (QED) is 0.0261. The van der Waals surface area contributed by atoms with Gasteiger partial charge in [-0.25, -0.2) is 0 Å². The number of unbranched alkanes of at least 4 members (excludes halogenated alkanes) is 26. The highest BCUT2D eigenvalue weighted by Crippen LogP contribution is 2.23. The average Bonchev–Trinajstić information content (AvgIpc) is 3.47. The van der Waals surface area contributed by atoms with Crippen LogP contribution < -0.4 is 5.32 Å². The molecule has 1 rings (SSSR count). The molecule has 1 heterocycles. The zero-order chi connectivity index (χ0) is 57.2. The van der Waals surface area contributed by atoms with Gasteiger partial charge in [0.05, 0.1) is 25.4 Å². The Labute approximate surface area is 484 Å². The van der Waals surface area contributed by atoms with Crippen LogP contribution in [0, 0.1) is 0 Å². The van der Waals surface area contributed by atoms with Gasteiger partial charge in [0.25, 0.3) is 0 Å². The molecule has 1 aliphatic rings. The molecule has 0 bridgehead atoms. The van der Waals surface area contributed by atoms with E-state index in [1.807, 2.05) is 6.08 Å². The molecule has 452 valence electrons. The normalized spacial score (nSPS) is 19.4. The number of hydrogen-bond acceptors (Lipinski definition) is 8. The first kappa shape index (κ1) is 73.6.